The van der Waals surface area contributed by atoms with E-state index < -0.39 is 10.0 Å². The molecule has 94 valence electrons. The number of hydrogen-bond donors (Lipinski definition) is 1. The number of aryl methyl sites for hydroxylation is 1. The quantitative estimate of drug-likeness (QED) is 0.777. The molecule has 3 rings (SSSR count). The maximum Gasteiger partial charge on any atom is 0.260 e. The fourth-order valence-electron chi connectivity index (χ4n) is 2.54. The van der Waals surface area contributed by atoms with E-state index in [2.05, 4.69) is 4.98 Å². The van der Waals surface area contributed by atoms with E-state index >= 15 is 0 Å². The van der Waals surface area contributed by atoms with Crippen LogP contribution >= 0.6 is 0 Å². The van der Waals surface area contributed by atoms with Gasteiger partial charge >= 0.3 is 0 Å². The van der Waals surface area contributed by atoms with Crippen molar-refractivity contribution in [3.8, 4) is 0 Å². The molecular formula is C10H16N4O2S. The lowest BCUT2D eigenvalue weighted by atomic mass is 10.3. The molecule has 1 aromatic rings. The van der Waals surface area contributed by atoms with Gasteiger partial charge < -0.3 is 10.3 Å². The summed E-state index contributed by atoms with van der Waals surface area (Å²) in [6.45, 7) is 1.69. The van der Waals surface area contributed by atoms with E-state index in [4.69, 9.17) is 5.73 Å². The molecule has 1 aromatic heterocycles. The molecule has 2 aliphatic rings. The monoisotopic (exact) mass is 256 g/mol. The van der Waals surface area contributed by atoms with Gasteiger partial charge in [-0.05, 0) is 12.8 Å². The first kappa shape index (κ1) is 11.2. The smallest absolute Gasteiger partial charge is 0.260 e. The van der Waals surface area contributed by atoms with Gasteiger partial charge in [-0.2, -0.15) is 4.31 Å². The third-order valence-corrected chi connectivity index (χ3v) is 5.34. The van der Waals surface area contributed by atoms with Gasteiger partial charge in [0.15, 0.2) is 5.03 Å². The highest BCUT2D eigenvalue weighted by Gasteiger charge is 2.34. The molecule has 1 saturated heterocycles. The van der Waals surface area contributed by atoms with Crippen molar-refractivity contribution in [3.05, 3.63) is 12.0 Å². The summed E-state index contributed by atoms with van der Waals surface area (Å²) in [5.74, 6) is 0.882. The highest BCUT2D eigenvalue weighted by molar-refractivity contribution is 7.89. The van der Waals surface area contributed by atoms with Crippen molar-refractivity contribution < 1.29 is 8.42 Å². The fraction of sp³-hybridized carbons (Fsp3) is 0.700. The third-order valence-electron chi connectivity index (χ3n) is 3.48. The SMILES string of the molecule is N[C@@H]1CCN(S(=O)(=O)c2cnc3n2CCC3)C1. The Morgan fingerprint density at radius 2 is 2.24 bits per heavy atom. The predicted molar refractivity (Wildman–Crippen MR) is 61.9 cm³/mol. The summed E-state index contributed by atoms with van der Waals surface area (Å²) < 4.78 is 28.1. The Kier molecular flexibility index (Phi) is 2.49. The number of sulfonamides is 1. The lowest BCUT2D eigenvalue weighted by Crippen LogP contribution is -2.33. The Balaban J connectivity index is 1.97. The molecule has 6 nitrogen and oxygen atoms in total. The lowest BCUT2D eigenvalue weighted by molar-refractivity contribution is 0.463. The number of rotatable bonds is 2. The van der Waals surface area contributed by atoms with Crippen LogP contribution in [0.5, 0.6) is 0 Å². The van der Waals surface area contributed by atoms with Crippen LogP contribution in [0.4, 0.5) is 0 Å². The van der Waals surface area contributed by atoms with Gasteiger partial charge in [0.2, 0.25) is 0 Å². The molecule has 0 radical (unpaired) electrons. The van der Waals surface area contributed by atoms with E-state index in [0.29, 0.717) is 18.1 Å². The summed E-state index contributed by atoms with van der Waals surface area (Å²) in [4.78, 5) is 4.18. The van der Waals surface area contributed by atoms with E-state index in [1.807, 2.05) is 4.57 Å². The summed E-state index contributed by atoms with van der Waals surface area (Å²) >= 11 is 0. The van der Waals surface area contributed by atoms with Crippen LogP contribution in [0.3, 0.4) is 0 Å². The maximum absolute atomic E-state index is 12.4. The van der Waals surface area contributed by atoms with Crippen LogP contribution in [0, 0.1) is 0 Å². The Bertz CT molecular complexity index is 537. The van der Waals surface area contributed by atoms with Crippen LogP contribution in [-0.4, -0.2) is 41.4 Å². The molecule has 0 aromatic carbocycles. The first-order valence-electron chi connectivity index (χ1n) is 5.89. The minimum Gasteiger partial charge on any atom is -0.326 e. The fourth-order valence-corrected chi connectivity index (χ4v) is 4.20. The van der Waals surface area contributed by atoms with Crippen LogP contribution < -0.4 is 5.73 Å². The second-order valence-corrected chi connectivity index (χ2v) is 6.56. The van der Waals surface area contributed by atoms with Crippen LogP contribution in [0.25, 0.3) is 0 Å². The zero-order chi connectivity index (χ0) is 12.0. The molecule has 1 atom stereocenters. The van der Waals surface area contributed by atoms with Crippen molar-refractivity contribution in [2.24, 2.45) is 5.73 Å². The van der Waals surface area contributed by atoms with Crippen molar-refractivity contribution in [2.75, 3.05) is 13.1 Å². The van der Waals surface area contributed by atoms with Crippen molar-refractivity contribution in [1.82, 2.24) is 13.9 Å². The number of fused-ring (bicyclic) bond motifs is 1. The molecule has 3 heterocycles. The summed E-state index contributed by atoms with van der Waals surface area (Å²) in [5.41, 5.74) is 5.76. The minimum absolute atomic E-state index is 0.0363. The number of hydrogen-bond acceptors (Lipinski definition) is 4. The molecule has 17 heavy (non-hydrogen) atoms. The van der Waals surface area contributed by atoms with E-state index in [0.717, 1.165) is 31.6 Å². The number of imidazole rings is 1. The van der Waals surface area contributed by atoms with Crippen LogP contribution in [0.2, 0.25) is 0 Å². The molecule has 0 aliphatic carbocycles. The molecule has 0 unspecified atom stereocenters. The Morgan fingerprint density at radius 3 is 2.94 bits per heavy atom. The van der Waals surface area contributed by atoms with Gasteiger partial charge in [0.25, 0.3) is 10.0 Å². The van der Waals surface area contributed by atoms with E-state index in [-0.39, 0.29) is 6.04 Å². The maximum atomic E-state index is 12.4. The lowest BCUT2D eigenvalue weighted by Gasteiger charge is -2.16. The zero-order valence-electron chi connectivity index (χ0n) is 9.54. The number of nitrogens with two attached hydrogens (primary N) is 1. The van der Waals surface area contributed by atoms with Crippen molar-refractivity contribution >= 4 is 10.0 Å². The average molecular weight is 256 g/mol. The molecule has 1 fully saturated rings. The summed E-state index contributed by atoms with van der Waals surface area (Å²) in [5, 5.41) is 0.333. The first-order chi connectivity index (χ1) is 8.09. The van der Waals surface area contributed by atoms with Gasteiger partial charge in [-0.1, -0.05) is 0 Å². The molecular weight excluding hydrogens is 240 g/mol. The topological polar surface area (TPSA) is 81.2 Å². The highest BCUT2D eigenvalue weighted by Crippen LogP contribution is 2.24. The van der Waals surface area contributed by atoms with E-state index in [1.54, 1.807) is 0 Å². The summed E-state index contributed by atoms with van der Waals surface area (Å²) in [6.07, 6.45) is 4.06. The second kappa shape index (κ2) is 3.79. The molecule has 0 amide bonds. The van der Waals surface area contributed by atoms with Gasteiger partial charge in [0.1, 0.15) is 5.82 Å². The number of nitrogens with zero attached hydrogens (tertiary/aromatic N) is 3. The van der Waals surface area contributed by atoms with Crippen LogP contribution in [0.1, 0.15) is 18.7 Å². The normalized spacial score (nSPS) is 25.4. The third kappa shape index (κ3) is 1.69. The highest BCUT2D eigenvalue weighted by atomic mass is 32.2. The van der Waals surface area contributed by atoms with Crippen molar-refractivity contribution in [1.29, 1.82) is 0 Å². The molecule has 2 N–H and O–H groups in total. The summed E-state index contributed by atoms with van der Waals surface area (Å²) in [6, 6.07) is -0.0363. The zero-order valence-corrected chi connectivity index (χ0v) is 10.4. The van der Waals surface area contributed by atoms with Gasteiger partial charge in [-0.25, -0.2) is 13.4 Å². The van der Waals surface area contributed by atoms with Gasteiger partial charge in [0, 0.05) is 32.1 Å². The standard InChI is InChI=1S/C10H16N4O2S/c11-8-3-5-13(7-8)17(15,16)10-6-12-9-2-1-4-14(9)10/h6,8H,1-5,7,11H2/t8-/m1/s1. The second-order valence-electron chi connectivity index (χ2n) is 4.68. The Morgan fingerprint density at radius 1 is 1.41 bits per heavy atom. The minimum atomic E-state index is -3.40. The largest absolute Gasteiger partial charge is 0.326 e. The van der Waals surface area contributed by atoms with Crippen molar-refractivity contribution in [3.63, 3.8) is 0 Å². The average Bonchev–Trinajstić information content (AvgIpc) is 2.89. The van der Waals surface area contributed by atoms with Crippen LogP contribution in [0.15, 0.2) is 11.2 Å². The van der Waals surface area contributed by atoms with Crippen LogP contribution in [-0.2, 0) is 23.0 Å². The van der Waals surface area contributed by atoms with Gasteiger partial charge in [0.05, 0.1) is 6.20 Å². The Labute approximate surface area is 100 Å². The Hall–Kier alpha value is -0.920. The predicted octanol–water partition coefficient (Wildman–Crippen LogP) is -0.449. The molecule has 0 spiro atoms. The van der Waals surface area contributed by atoms with Crippen molar-refractivity contribution in [2.45, 2.75) is 36.9 Å². The molecule has 2 aliphatic heterocycles. The van der Waals surface area contributed by atoms with Gasteiger partial charge in [-0.15, -0.1) is 0 Å². The first-order valence-corrected chi connectivity index (χ1v) is 7.33. The van der Waals surface area contributed by atoms with Gasteiger partial charge in [-0.3, -0.25) is 0 Å². The number of aromatic nitrogens is 2. The molecule has 7 heteroatoms. The summed E-state index contributed by atoms with van der Waals surface area (Å²) in [7, 11) is -3.40. The van der Waals surface area contributed by atoms with E-state index in [1.165, 1.54) is 10.5 Å². The van der Waals surface area contributed by atoms with E-state index in [9.17, 15) is 8.42 Å². The molecule has 0 bridgehead atoms. The molecule has 0 saturated carbocycles.